The molecule has 0 unspecified atom stereocenters. The number of hydrogen-bond acceptors (Lipinski definition) is 4. The Kier molecular flexibility index (Phi) is 9.50. The minimum atomic E-state index is -2.63. The fourth-order valence-corrected chi connectivity index (χ4v) is 4.49. The number of likely N-dealkylation sites (N-methyl/N-ethyl adjacent to an activating group) is 2. The molecule has 0 spiro atoms. The van der Waals surface area contributed by atoms with Crippen LogP contribution in [0, 0.1) is 5.92 Å². The average Bonchev–Trinajstić information content (AvgIpc) is 3.17. The number of fused-ring (bicyclic) bond motifs is 1. The molecule has 1 aliphatic heterocycles. The van der Waals surface area contributed by atoms with Gasteiger partial charge in [-0.05, 0) is 58.5 Å². The van der Waals surface area contributed by atoms with E-state index in [1.54, 1.807) is 11.8 Å². The maximum Gasteiger partial charge on any atom is 0.272 e. The van der Waals surface area contributed by atoms with Crippen molar-refractivity contribution in [3.8, 4) is 0 Å². The third-order valence-corrected chi connectivity index (χ3v) is 6.27. The fraction of sp³-hybridized carbons (Fsp3) is 0.864. The molecule has 3 rings (SSSR count). The van der Waals surface area contributed by atoms with Gasteiger partial charge < -0.3 is 10.1 Å². The second kappa shape index (κ2) is 11.4. The second-order valence-electron chi connectivity index (χ2n) is 8.54. The van der Waals surface area contributed by atoms with Crippen LogP contribution < -0.4 is 5.32 Å². The van der Waals surface area contributed by atoms with E-state index < -0.39 is 5.92 Å². The molecule has 0 amide bonds. The Balaban J connectivity index is 0.000000687. The van der Waals surface area contributed by atoms with Gasteiger partial charge in [-0.3, -0.25) is 9.58 Å². The molecule has 2 heterocycles. The van der Waals surface area contributed by atoms with Crippen molar-refractivity contribution in [3.05, 3.63) is 17.0 Å². The van der Waals surface area contributed by atoms with E-state index in [1.165, 1.54) is 19.3 Å². The van der Waals surface area contributed by atoms with Crippen molar-refractivity contribution in [2.75, 3.05) is 40.9 Å². The Morgan fingerprint density at radius 2 is 1.90 bits per heavy atom. The Bertz CT molecular complexity index is 610. The van der Waals surface area contributed by atoms with Gasteiger partial charge in [-0.25, -0.2) is 8.78 Å². The van der Waals surface area contributed by atoms with Crippen molar-refractivity contribution in [2.24, 2.45) is 5.92 Å². The molecule has 0 bridgehead atoms. The molecular weight excluding hydrogens is 374 g/mol. The first-order valence-electron chi connectivity index (χ1n) is 11.1. The normalized spacial score (nSPS) is 23.0. The van der Waals surface area contributed by atoms with Gasteiger partial charge in [-0.1, -0.05) is 13.3 Å². The predicted molar refractivity (Wildman–Crippen MR) is 114 cm³/mol. The summed E-state index contributed by atoms with van der Waals surface area (Å²) in [5.41, 5.74) is 2.99. The monoisotopic (exact) mass is 414 g/mol. The third kappa shape index (κ3) is 6.72. The number of aromatic nitrogens is 2. The molecular formula is C22H40F2N4O. The van der Waals surface area contributed by atoms with Gasteiger partial charge in [0.2, 0.25) is 0 Å². The van der Waals surface area contributed by atoms with E-state index in [9.17, 15) is 8.78 Å². The van der Waals surface area contributed by atoms with Gasteiger partial charge in [0, 0.05) is 44.6 Å². The van der Waals surface area contributed by atoms with Gasteiger partial charge in [-0.15, -0.1) is 0 Å². The summed E-state index contributed by atoms with van der Waals surface area (Å²) >= 11 is 0. The third-order valence-electron chi connectivity index (χ3n) is 6.27. The maximum atomic E-state index is 13.9. The minimum absolute atomic E-state index is 0.136. The SMILES string of the molecule is CCC1CCC(c2c(CN(C)CCNC)nn3c2CC(F)(F)C3)CC1.CCOC. The molecule has 1 aliphatic carbocycles. The first kappa shape index (κ1) is 24.2. The van der Waals surface area contributed by atoms with Crippen molar-refractivity contribution in [1.82, 2.24) is 20.0 Å². The van der Waals surface area contributed by atoms with Crippen LogP contribution in [0.3, 0.4) is 0 Å². The Hall–Kier alpha value is -1.05. The van der Waals surface area contributed by atoms with Crippen LogP contribution in [0.25, 0.3) is 0 Å². The van der Waals surface area contributed by atoms with E-state index in [0.717, 1.165) is 62.0 Å². The highest BCUT2D eigenvalue weighted by molar-refractivity contribution is 5.34. The van der Waals surface area contributed by atoms with Crippen LogP contribution >= 0.6 is 0 Å². The van der Waals surface area contributed by atoms with Crippen LogP contribution in [0.5, 0.6) is 0 Å². The molecule has 0 aromatic carbocycles. The van der Waals surface area contributed by atoms with E-state index in [-0.39, 0.29) is 13.0 Å². The van der Waals surface area contributed by atoms with E-state index in [0.29, 0.717) is 5.92 Å². The molecule has 1 fully saturated rings. The fourth-order valence-electron chi connectivity index (χ4n) is 4.49. The summed E-state index contributed by atoms with van der Waals surface area (Å²) in [6.07, 6.45) is 5.78. The average molecular weight is 415 g/mol. The summed E-state index contributed by atoms with van der Waals surface area (Å²) in [7, 11) is 5.70. The summed E-state index contributed by atoms with van der Waals surface area (Å²) in [5.74, 6) is -1.41. The summed E-state index contributed by atoms with van der Waals surface area (Å²) in [6.45, 7) is 7.37. The molecule has 5 nitrogen and oxygen atoms in total. The van der Waals surface area contributed by atoms with Crippen molar-refractivity contribution >= 4 is 0 Å². The van der Waals surface area contributed by atoms with Crippen molar-refractivity contribution < 1.29 is 13.5 Å². The second-order valence-corrected chi connectivity index (χ2v) is 8.54. The van der Waals surface area contributed by atoms with Crippen LogP contribution in [0.4, 0.5) is 8.78 Å². The highest BCUT2D eigenvalue weighted by Gasteiger charge is 2.42. The van der Waals surface area contributed by atoms with Crippen LogP contribution in [-0.2, 0) is 24.2 Å². The molecule has 0 radical (unpaired) electrons. The first-order valence-corrected chi connectivity index (χ1v) is 11.1. The highest BCUT2D eigenvalue weighted by Crippen LogP contribution is 2.43. The lowest BCUT2D eigenvalue weighted by Crippen LogP contribution is -2.28. The largest absolute Gasteiger partial charge is 0.385 e. The van der Waals surface area contributed by atoms with Crippen LogP contribution in [-0.4, -0.2) is 61.5 Å². The number of rotatable bonds is 8. The van der Waals surface area contributed by atoms with Gasteiger partial charge in [-0.2, -0.15) is 5.10 Å². The molecule has 1 saturated carbocycles. The zero-order valence-electron chi connectivity index (χ0n) is 18.9. The zero-order chi connectivity index (χ0) is 21.4. The Labute approximate surface area is 175 Å². The Morgan fingerprint density at radius 3 is 2.45 bits per heavy atom. The smallest absolute Gasteiger partial charge is 0.272 e. The van der Waals surface area contributed by atoms with Crippen LogP contribution in [0.2, 0.25) is 0 Å². The molecule has 1 aromatic rings. The van der Waals surface area contributed by atoms with Gasteiger partial charge in [0.25, 0.3) is 5.92 Å². The molecule has 168 valence electrons. The van der Waals surface area contributed by atoms with E-state index in [4.69, 9.17) is 0 Å². The van der Waals surface area contributed by atoms with E-state index in [2.05, 4.69) is 34.0 Å². The quantitative estimate of drug-likeness (QED) is 0.697. The standard InChI is InChI=1S/C19H32F2N4.C3H8O/c1-4-14-5-7-15(8-6-14)18-16(12-24(3)10-9-22-2)23-25-13-19(20,21)11-17(18)25;1-3-4-2/h14-15,22H,4-13H2,1-3H3;3H2,1-2H3. The van der Waals surface area contributed by atoms with Gasteiger partial charge in [0.15, 0.2) is 0 Å². The number of nitrogens with zero attached hydrogens (tertiary/aromatic N) is 3. The first-order chi connectivity index (χ1) is 13.8. The lowest BCUT2D eigenvalue weighted by atomic mass is 9.77. The predicted octanol–water partition coefficient (Wildman–Crippen LogP) is 4.06. The highest BCUT2D eigenvalue weighted by atomic mass is 19.3. The zero-order valence-corrected chi connectivity index (χ0v) is 18.9. The van der Waals surface area contributed by atoms with E-state index in [1.807, 2.05) is 14.0 Å². The summed E-state index contributed by atoms with van der Waals surface area (Å²) in [4.78, 5) is 2.23. The molecule has 29 heavy (non-hydrogen) atoms. The minimum Gasteiger partial charge on any atom is -0.385 e. The number of alkyl halides is 2. The number of hydrogen-bond donors (Lipinski definition) is 1. The lowest BCUT2D eigenvalue weighted by Gasteiger charge is -2.29. The molecule has 2 aliphatic rings. The lowest BCUT2D eigenvalue weighted by molar-refractivity contribution is 0.000665. The number of methoxy groups -OCH3 is 1. The van der Waals surface area contributed by atoms with Crippen LogP contribution in [0.1, 0.15) is 68.8 Å². The maximum absolute atomic E-state index is 13.9. The van der Waals surface area contributed by atoms with Crippen LogP contribution in [0.15, 0.2) is 0 Å². The molecule has 0 atom stereocenters. The van der Waals surface area contributed by atoms with Gasteiger partial charge >= 0.3 is 0 Å². The number of halogens is 2. The molecule has 1 aromatic heterocycles. The van der Waals surface area contributed by atoms with Crippen molar-refractivity contribution in [1.29, 1.82) is 0 Å². The topological polar surface area (TPSA) is 42.3 Å². The number of nitrogens with one attached hydrogen (secondary N) is 1. The van der Waals surface area contributed by atoms with Gasteiger partial charge in [0.1, 0.15) is 6.54 Å². The number of ether oxygens (including phenoxy) is 1. The molecule has 1 N–H and O–H groups in total. The van der Waals surface area contributed by atoms with Crippen molar-refractivity contribution in [2.45, 2.75) is 77.3 Å². The summed E-state index contributed by atoms with van der Waals surface area (Å²) in [5, 5.41) is 7.78. The van der Waals surface area contributed by atoms with Gasteiger partial charge in [0.05, 0.1) is 12.1 Å². The summed E-state index contributed by atoms with van der Waals surface area (Å²) < 4.78 is 34.0. The molecule has 7 heteroatoms. The van der Waals surface area contributed by atoms with E-state index >= 15 is 0 Å². The van der Waals surface area contributed by atoms with Crippen molar-refractivity contribution in [3.63, 3.8) is 0 Å². The summed E-state index contributed by atoms with van der Waals surface area (Å²) in [6, 6.07) is 0. The Morgan fingerprint density at radius 1 is 1.24 bits per heavy atom. The molecule has 0 saturated heterocycles.